The van der Waals surface area contributed by atoms with Crippen molar-refractivity contribution in [1.29, 1.82) is 5.26 Å². The predicted molar refractivity (Wildman–Crippen MR) is 104 cm³/mol. The second-order valence-corrected chi connectivity index (χ2v) is 6.88. The third kappa shape index (κ3) is 3.47. The Bertz CT molecular complexity index is 1000. The molecule has 0 saturated carbocycles. The van der Waals surface area contributed by atoms with E-state index in [0.717, 1.165) is 42.4 Å². The van der Waals surface area contributed by atoms with Gasteiger partial charge in [0.2, 0.25) is 11.9 Å². The van der Waals surface area contributed by atoms with E-state index in [4.69, 9.17) is 5.26 Å². The van der Waals surface area contributed by atoms with Crippen molar-refractivity contribution >= 4 is 17.6 Å². The fourth-order valence-corrected chi connectivity index (χ4v) is 3.30. The van der Waals surface area contributed by atoms with Gasteiger partial charge in [0.25, 0.3) is 0 Å². The molecule has 0 aliphatic carbocycles. The summed E-state index contributed by atoms with van der Waals surface area (Å²) >= 11 is 0. The average Bonchev–Trinajstić information content (AvgIpc) is 3.18. The molecule has 7 nitrogen and oxygen atoms in total. The third-order valence-corrected chi connectivity index (χ3v) is 4.67. The van der Waals surface area contributed by atoms with Crippen LogP contribution in [0, 0.1) is 11.3 Å². The van der Waals surface area contributed by atoms with Gasteiger partial charge in [-0.1, -0.05) is 6.07 Å². The van der Waals surface area contributed by atoms with Gasteiger partial charge < -0.3 is 14.8 Å². The summed E-state index contributed by atoms with van der Waals surface area (Å²) in [5.41, 5.74) is 3.60. The van der Waals surface area contributed by atoms with Gasteiger partial charge in [0.15, 0.2) is 0 Å². The summed E-state index contributed by atoms with van der Waals surface area (Å²) in [7, 11) is 0. The van der Waals surface area contributed by atoms with Crippen molar-refractivity contribution in [2.24, 2.45) is 0 Å². The molecule has 1 aromatic carbocycles. The van der Waals surface area contributed by atoms with Crippen LogP contribution in [0.3, 0.4) is 0 Å². The molecule has 27 heavy (non-hydrogen) atoms. The highest BCUT2D eigenvalue weighted by molar-refractivity contribution is 5.56. The lowest BCUT2D eigenvalue weighted by molar-refractivity contribution is 0.573. The zero-order valence-corrected chi connectivity index (χ0v) is 15.4. The fraction of sp³-hybridized carbons (Fsp3) is 0.300. The molecule has 4 rings (SSSR count). The van der Waals surface area contributed by atoms with Crippen molar-refractivity contribution in [3.8, 4) is 6.07 Å². The largest absolute Gasteiger partial charge is 0.337 e. The van der Waals surface area contributed by atoms with E-state index < -0.39 is 0 Å². The van der Waals surface area contributed by atoms with Gasteiger partial charge in [-0.25, -0.2) is 15.0 Å². The van der Waals surface area contributed by atoms with Crippen LogP contribution in [-0.4, -0.2) is 26.1 Å². The molecule has 3 aromatic rings. The number of hydrogen-bond acceptors (Lipinski definition) is 6. The molecule has 0 amide bonds. The number of fused-ring (bicyclic) bond motifs is 1. The number of nitriles is 1. The zero-order chi connectivity index (χ0) is 18.8. The van der Waals surface area contributed by atoms with Gasteiger partial charge >= 0.3 is 0 Å². The highest BCUT2D eigenvalue weighted by Crippen LogP contribution is 2.25. The molecule has 0 spiro atoms. The zero-order valence-electron chi connectivity index (χ0n) is 15.4. The van der Waals surface area contributed by atoms with Crippen LogP contribution in [0.4, 0.5) is 17.6 Å². The Labute approximate surface area is 158 Å². The normalized spacial score (nSPS) is 13.3. The summed E-state index contributed by atoms with van der Waals surface area (Å²) in [5, 5.41) is 12.2. The maximum atomic E-state index is 9.02. The van der Waals surface area contributed by atoms with Gasteiger partial charge in [0.1, 0.15) is 0 Å². The van der Waals surface area contributed by atoms with Crippen LogP contribution in [-0.2, 0) is 13.0 Å². The van der Waals surface area contributed by atoms with E-state index >= 15 is 0 Å². The molecule has 1 aliphatic rings. The van der Waals surface area contributed by atoms with Crippen molar-refractivity contribution in [2.45, 2.75) is 32.9 Å². The number of anilines is 3. The minimum atomic E-state index is 0.371. The van der Waals surface area contributed by atoms with E-state index in [1.807, 2.05) is 30.7 Å². The van der Waals surface area contributed by atoms with E-state index in [2.05, 4.69) is 49.7 Å². The second kappa shape index (κ2) is 7.08. The third-order valence-electron chi connectivity index (χ3n) is 4.67. The van der Waals surface area contributed by atoms with E-state index in [9.17, 15) is 0 Å². The molecule has 0 atom stereocenters. The van der Waals surface area contributed by atoms with E-state index in [-0.39, 0.29) is 0 Å². The first-order valence-corrected chi connectivity index (χ1v) is 9.04. The predicted octanol–water partition coefficient (Wildman–Crippen LogP) is 3.43. The van der Waals surface area contributed by atoms with Gasteiger partial charge in [-0.15, -0.1) is 0 Å². The van der Waals surface area contributed by atoms with Crippen LogP contribution in [0.15, 0.2) is 42.9 Å². The van der Waals surface area contributed by atoms with Crippen LogP contribution in [0.2, 0.25) is 0 Å². The number of nitrogens with one attached hydrogen (secondary N) is 1. The molecule has 1 N–H and O–H groups in total. The molecule has 7 heteroatoms. The Morgan fingerprint density at radius 2 is 2.15 bits per heavy atom. The summed E-state index contributed by atoms with van der Waals surface area (Å²) in [6.45, 7) is 5.94. The van der Waals surface area contributed by atoms with Gasteiger partial charge in [-0.3, -0.25) is 0 Å². The lowest BCUT2D eigenvalue weighted by Gasteiger charge is -2.30. The Balaban J connectivity index is 1.53. The molecule has 136 valence electrons. The summed E-state index contributed by atoms with van der Waals surface area (Å²) < 4.78 is 2.18. The number of aromatic nitrogens is 4. The maximum absolute atomic E-state index is 9.02. The molecule has 0 fully saturated rings. The van der Waals surface area contributed by atoms with Crippen molar-refractivity contribution in [3.63, 3.8) is 0 Å². The number of rotatable bonds is 4. The van der Waals surface area contributed by atoms with Crippen molar-refractivity contribution in [1.82, 2.24) is 19.5 Å². The van der Waals surface area contributed by atoms with Crippen molar-refractivity contribution < 1.29 is 0 Å². The monoisotopic (exact) mass is 359 g/mol. The molecular weight excluding hydrogens is 338 g/mol. The highest BCUT2D eigenvalue weighted by Gasteiger charge is 2.22. The van der Waals surface area contributed by atoms with Gasteiger partial charge in [-0.2, -0.15) is 5.26 Å². The standard InChI is InChI=1S/C20H21N7/c1-14(2)27-9-7-22-20(27)26-8-6-18-16(13-26)12-23-19(25-18)24-17-5-3-4-15(10-17)11-21/h3-5,7,9-10,12,14H,6,8,13H2,1-2H3,(H,23,24,25). The first-order chi connectivity index (χ1) is 13.1. The number of imidazole rings is 1. The molecule has 0 saturated heterocycles. The van der Waals surface area contributed by atoms with E-state index in [1.165, 1.54) is 0 Å². The van der Waals surface area contributed by atoms with Gasteiger partial charge in [0, 0.05) is 55.4 Å². The van der Waals surface area contributed by atoms with E-state index in [1.54, 1.807) is 12.1 Å². The minimum absolute atomic E-state index is 0.371. The minimum Gasteiger partial charge on any atom is -0.337 e. The average molecular weight is 359 g/mol. The summed E-state index contributed by atoms with van der Waals surface area (Å²) in [4.78, 5) is 15.9. The molecule has 2 aromatic heterocycles. The van der Waals surface area contributed by atoms with Crippen LogP contribution in [0.1, 0.15) is 36.7 Å². The quantitative estimate of drug-likeness (QED) is 0.768. The van der Waals surface area contributed by atoms with Crippen molar-refractivity contribution in [3.05, 3.63) is 59.7 Å². The van der Waals surface area contributed by atoms with Crippen LogP contribution < -0.4 is 10.2 Å². The number of benzene rings is 1. The molecule has 0 bridgehead atoms. The van der Waals surface area contributed by atoms with Gasteiger partial charge in [0.05, 0.1) is 17.3 Å². The molecule has 3 heterocycles. The highest BCUT2D eigenvalue weighted by atomic mass is 15.3. The Morgan fingerprint density at radius 3 is 2.96 bits per heavy atom. The summed E-state index contributed by atoms with van der Waals surface area (Å²) in [6, 6.07) is 9.81. The SMILES string of the molecule is CC(C)n1ccnc1N1CCc2nc(Nc3cccc(C#N)c3)ncc2C1. The van der Waals surface area contributed by atoms with Crippen LogP contribution in [0.5, 0.6) is 0 Å². The maximum Gasteiger partial charge on any atom is 0.227 e. The number of nitrogens with zero attached hydrogens (tertiary/aromatic N) is 6. The number of hydrogen-bond donors (Lipinski definition) is 1. The molecule has 0 unspecified atom stereocenters. The second-order valence-electron chi connectivity index (χ2n) is 6.88. The lowest BCUT2D eigenvalue weighted by atomic mass is 10.1. The smallest absolute Gasteiger partial charge is 0.227 e. The van der Waals surface area contributed by atoms with E-state index in [0.29, 0.717) is 17.6 Å². The topological polar surface area (TPSA) is 82.7 Å². The summed E-state index contributed by atoms with van der Waals surface area (Å²) in [5.74, 6) is 1.55. The first-order valence-electron chi connectivity index (χ1n) is 9.04. The van der Waals surface area contributed by atoms with Gasteiger partial charge in [-0.05, 0) is 32.0 Å². The Kier molecular flexibility index (Phi) is 4.47. The lowest BCUT2D eigenvalue weighted by Crippen LogP contribution is -2.33. The van der Waals surface area contributed by atoms with Crippen LogP contribution in [0.25, 0.3) is 0 Å². The fourth-order valence-electron chi connectivity index (χ4n) is 3.30. The van der Waals surface area contributed by atoms with Crippen molar-refractivity contribution in [2.75, 3.05) is 16.8 Å². The molecular formula is C20H21N7. The Morgan fingerprint density at radius 1 is 1.26 bits per heavy atom. The first kappa shape index (κ1) is 17.0. The molecule has 1 aliphatic heterocycles. The molecule has 0 radical (unpaired) electrons. The summed E-state index contributed by atoms with van der Waals surface area (Å²) in [6.07, 6.45) is 6.60. The van der Waals surface area contributed by atoms with Crippen LogP contribution >= 0.6 is 0 Å². The Hall–Kier alpha value is -3.40.